The van der Waals surface area contributed by atoms with Gasteiger partial charge in [0.1, 0.15) is 0 Å². The van der Waals surface area contributed by atoms with Crippen LogP contribution in [0.15, 0.2) is 0 Å². The van der Waals surface area contributed by atoms with Crippen LogP contribution in [0.1, 0.15) is 40.5 Å². The first-order valence-electron chi connectivity index (χ1n) is 4.05. The predicted molar refractivity (Wildman–Crippen MR) is 47.8 cm³/mol. The van der Waals surface area contributed by atoms with E-state index in [1.807, 2.05) is 13.8 Å². The van der Waals surface area contributed by atoms with Crippen LogP contribution in [-0.4, -0.2) is 11.3 Å². The maximum absolute atomic E-state index is 2.36. The van der Waals surface area contributed by atoms with Gasteiger partial charge in [-0.25, -0.2) is 0 Å². The molecule has 2 unspecified atom stereocenters. The highest BCUT2D eigenvalue weighted by molar-refractivity contribution is 7.40. The van der Waals surface area contributed by atoms with Gasteiger partial charge in [-0.15, -0.1) is 8.58 Å². The Morgan fingerprint density at radius 2 is 1.33 bits per heavy atom. The Hall–Kier alpha value is 0.430. The molecule has 0 radical (unpaired) electrons. The largest absolute Gasteiger partial charge is 0.116 e. The maximum atomic E-state index is 2.36. The molecule has 0 amide bonds. The van der Waals surface area contributed by atoms with Crippen LogP contribution in [0, 0.1) is 0 Å². The Bertz CT molecular complexity index is 53.6. The number of hydrogen-bond acceptors (Lipinski definition) is 0. The van der Waals surface area contributed by atoms with Crippen molar-refractivity contribution in [2.75, 3.05) is 0 Å². The van der Waals surface area contributed by atoms with Gasteiger partial charge in [0.15, 0.2) is 0 Å². The molecule has 1 saturated heterocycles. The highest BCUT2D eigenvalue weighted by atomic mass is 31.1. The van der Waals surface area contributed by atoms with Crippen molar-refractivity contribution >= 4 is 8.58 Å². The van der Waals surface area contributed by atoms with Crippen molar-refractivity contribution in [3.05, 3.63) is 0 Å². The van der Waals surface area contributed by atoms with E-state index in [1.54, 1.807) is 0 Å². The third-order valence-electron chi connectivity index (χ3n) is 1.60. The third-order valence-corrected chi connectivity index (χ3v) is 3.32. The minimum absolute atomic E-state index is 1.05. The Morgan fingerprint density at radius 1 is 1.00 bits per heavy atom. The summed E-state index contributed by atoms with van der Waals surface area (Å²) in [5.41, 5.74) is 2.10. The summed E-state index contributed by atoms with van der Waals surface area (Å²) < 4.78 is 0. The SMILES string of the molecule is CC.CC1CCC(C)P1. The monoisotopic (exact) mass is 146 g/mol. The minimum atomic E-state index is 1.05. The zero-order valence-corrected chi connectivity index (χ0v) is 8.07. The fraction of sp³-hybridized carbons (Fsp3) is 1.00. The summed E-state index contributed by atoms with van der Waals surface area (Å²) in [4.78, 5) is 0. The van der Waals surface area contributed by atoms with Gasteiger partial charge in [-0.3, -0.25) is 0 Å². The first-order valence-corrected chi connectivity index (χ1v) is 5.20. The van der Waals surface area contributed by atoms with Crippen LogP contribution < -0.4 is 0 Å². The van der Waals surface area contributed by atoms with Gasteiger partial charge in [-0.1, -0.05) is 27.7 Å². The van der Waals surface area contributed by atoms with Crippen molar-refractivity contribution in [3.63, 3.8) is 0 Å². The Balaban J connectivity index is 0.000000291. The van der Waals surface area contributed by atoms with Crippen LogP contribution in [-0.2, 0) is 0 Å². The van der Waals surface area contributed by atoms with Crippen LogP contribution in [0.25, 0.3) is 0 Å². The van der Waals surface area contributed by atoms with Crippen LogP contribution >= 0.6 is 8.58 Å². The molecule has 1 aliphatic heterocycles. The highest BCUT2D eigenvalue weighted by Crippen LogP contribution is 2.38. The summed E-state index contributed by atoms with van der Waals surface area (Å²) in [5, 5.41) is 0. The van der Waals surface area contributed by atoms with Crippen molar-refractivity contribution in [3.8, 4) is 0 Å². The normalized spacial score (nSPS) is 36.0. The lowest BCUT2D eigenvalue weighted by Gasteiger charge is -1.97. The first-order chi connectivity index (χ1) is 4.29. The first kappa shape index (κ1) is 9.43. The van der Waals surface area contributed by atoms with Gasteiger partial charge in [0.05, 0.1) is 0 Å². The molecule has 56 valence electrons. The molecule has 1 rings (SSSR count). The second-order valence-electron chi connectivity index (χ2n) is 2.55. The van der Waals surface area contributed by atoms with E-state index in [0.29, 0.717) is 0 Å². The van der Waals surface area contributed by atoms with Gasteiger partial charge < -0.3 is 0 Å². The Morgan fingerprint density at radius 3 is 1.44 bits per heavy atom. The predicted octanol–water partition coefficient (Wildman–Crippen LogP) is 3.26. The van der Waals surface area contributed by atoms with Crippen molar-refractivity contribution in [1.29, 1.82) is 0 Å². The molecule has 0 aromatic rings. The molecule has 0 aromatic heterocycles. The minimum Gasteiger partial charge on any atom is -0.116 e. The lowest BCUT2D eigenvalue weighted by molar-refractivity contribution is 0.777. The summed E-state index contributed by atoms with van der Waals surface area (Å²) >= 11 is 0. The zero-order chi connectivity index (χ0) is 7.28. The van der Waals surface area contributed by atoms with Gasteiger partial charge in [-0.2, -0.15) is 0 Å². The molecule has 0 N–H and O–H groups in total. The molecule has 2 atom stereocenters. The molecular formula is C8H19P. The van der Waals surface area contributed by atoms with Gasteiger partial charge in [0.2, 0.25) is 0 Å². The molecule has 1 heterocycles. The van der Waals surface area contributed by atoms with Gasteiger partial charge in [-0.05, 0) is 24.2 Å². The van der Waals surface area contributed by atoms with Crippen LogP contribution in [0.4, 0.5) is 0 Å². The topological polar surface area (TPSA) is 0 Å². The fourth-order valence-corrected chi connectivity index (χ4v) is 2.79. The van der Waals surface area contributed by atoms with Crippen LogP contribution in [0.5, 0.6) is 0 Å². The molecule has 0 aromatic carbocycles. The maximum Gasteiger partial charge on any atom is -0.0262 e. The summed E-state index contributed by atoms with van der Waals surface area (Å²) in [5.74, 6) is 0. The van der Waals surface area contributed by atoms with E-state index >= 15 is 0 Å². The van der Waals surface area contributed by atoms with Gasteiger partial charge in [0, 0.05) is 0 Å². The number of rotatable bonds is 0. The van der Waals surface area contributed by atoms with E-state index in [2.05, 4.69) is 13.8 Å². The lowest BCUT2D eigenvalue weighted by Crippen LogP contribution is -1.81. The van der Waals surface area contributed by atoms with E-state index in [-0.39, 0.29) is 0 Å². The molecule has 0 nitrogen and oxygen atoms in total. The highest BCUT2D eigenvalue weighted by Gasteiger charge is 2.15. The average Bonchev–Trinajstić information content (AvgIpc) is 2.20. The van der Waals surface area contributed by atoms with Crippen LogP contribution in [0.3, 0.4) is 0 Å². The second kappa shape index (κ2) is 5.23. The van der Waals surface area contributed by atoms with Gasteiger partial charge in [0.25, 0.3) is 0 Å². The molecule has 0 spiro atoms. The van der Waals surface area contributed by atoms with E-state index < -0.39 is 0 Å². The van der Waals surface area contributed by atoms with Gasteiger partial charge >= 0.3 is 0 Å². The molecule has 0 bridgehead atoms. The molecule has 1 aliphatic rings. The number of hydrogen-bond donors (Lipinski definition) is 0. The Kier molecular flexibility index (Phi) is 5.48. The second-order valence-corrected chi connectivity index (χ2v) is 4.85. The summed E-state index contributed by atoms with van der Waals surface area (Å²) in [6, 6.07) is 0. The van der Waals surface area contributed by atoms with Crippen LogP contribution in [0.2, 0.25) is 0 Å². The van der Waals surface area contributed by atoms with Crippen molar-refractivity contribution in [1.82, 2.24) is 0 Å². The summed E-state index contributed by atoms with van der Waals surface area (Å²) in [6.07, 6.45) is 2.97. The lowest BCUT2D eigenvalue weighted by atomic mass is 10.2. The molecule has 0 saturated carbocycles. The van der Waals surface area contributed by atoms with Crippen molar-refractivity contribution in [2.45, 2.75) is 51.9 Å². The van der Waals surface area contributed by atoms with E-state index in [9.17, 15) is 0 Å². The van der Waals surface area contributed by atoms with E-state index in [0.717, 1.165) is 11.3 Å². The zero-order valence-electron chi connectivity index (χ0n) is 7.07. The average molecular weight is 146 g/mol. The fourth-order valence-electron chi connectivity index (χ4n) is 1.15. The smallest absolute Gasteiger partial charge is 0.0262 e. The van der Waals surface area contributed by atoms with Crippen molar-refractivity contribution in [2.24, 2.45) is 0 Å². The quantitative estimate of drug-likeness (QED) is 0.460. The molecule has 9 heavy (non-hydrogen) atoms. The van der Waals surface area contributed by atoms with E-state index in [4.69, 9.17) is 0 Å². The Labute approximate surface area is 61.2 Å². The summed E-state index contributed by atoms with van der Waals surface area (Å²) in [7, 11) is 1.26. The van der Waals surface area contributed by atoms with E-state index in [1.165, 1.54) is 21.4 Å². The molecule has 1 heteroatoms. The molecule has 0 aliphatic carbocycles. The molecule has 1 fully saturated rings. The summed E-state index contributed by atoms with van der Waals surface area (Å²) in [6.45, 7) is 8.73. The molecular weight excluding hydrogens is 127 g/mol. The van der Waals surface area contributed by atoms with Crippen molar-refractivity contribution < 1.29 is 0 Å². The standard InChI is InChI=1S/C6H13P.C2H6/c1-5-3-4-6(2)7-5;1-2/h5-7H,3-4H2,1-2H3;1-2H3. The third kappa shape index (κ3) is 3.92.